The van der Waals surface area contributed by atoms with Crippen LogP contribution in [0.2, 0.25) is 0 Å². The number of hydrogen-bond donors (Lipinski definition) is 1. The number of hydrogen-bond acceptors (Lipinski definition) is 4. The Kier molecular flexibility index (Phi) is 3.75. The molecule has 0 bridgehead atoms. The van der Waals surface area contributed by atoms with Gasteiger partial charge in [-0.2, -0.15) is 0 Å². The fraction of sp³-hybridized carbons (Fsp3) is 0.214. The minimum absolute atomic E-state index is 0.129. The standard InChI is InChI=1S/C14H15N3O2/c1-10-6-7-15-8-12(10)9-16-13-5-3-4-11(2)14(13)17(18)19/h3-8,16H,9H2,1-2H3. The lowest BCUT2D eigenvalue weighted by Crippen LogP contribution is -2.05. The highest BCUT2D eigenvalue weighted by molar-refractivity contribution is 5.65. The maximum Gasteiger partial charge on any atom is 0.295 e. The van der Waals surface area contributed by atoms with Crippen molar-refractivity contribution in [1.29, 1.82) is 0 Å². The summed E-state index contributed by atoms with van der Waals surface area (Å²) in [6.07, 6.45) is 3.50. The number of anilines is 1. The molecule has 1 heterocycles. The van der Waals surface area contributed by atoms with E-state index in [-0.39, 0.29) is 10.6 Å². The molecular weight excluding hydrogens is 242 g/mol. The fourth-order valence-electron chi connectivity index (χ4n) is 1.92. The van der Waals surface area contributed by atoms with Crippen molar-refractivity contribution in [3.8, 4) is 0 Å². The molecule has 0 spiro atoms. The Morgan fingerprint density at radius 1 is 1.26 bits per heavy atom. The maximum atomic E-state index is 11.1. The summed E-state index contributed by atoms with van der Waals surface area (Å²) in [4.78, 5) is 14.8. The molecule has 5 nitrogen and oxygen atoms in total. The molecule has 0 amide bonds. The number of aryl methyl sites for hydroxylation is 2. The van der Waals surface area contributed by atoms with Crippen LogP contribution in [0, 0.1) is 24.0 Å². The van der Waals surface area contributed by atoms with E-state index in [0.29, 0.717) is 17.8 Å². The zero-order chi connectivity index (χ0) is 13.8. The van der Waals surface area contributed by atoms with Crippen molar-refractivity contribution in [2.24, 2.45) is 0 Å². The number of aromatic nitrogens is 1. The molecule has 0 saturated carbocycles. The Balaban J connectivity index is 2.23. The highest BCUT2D eigenvalue weighted by Crippen LogP contribution is 2.28. The van der Waals surface area contributed by atoms with E-state index in [0.717, 1.165) is 11.1 Å². The molecule has 0 aliphatic carbocycles. The minimum atomic E-state index is -0.353. The zero-order valence-electron chi connectivity index (χ0n) is 10.9. The van der Waals surface area contributed by atoms with Gasteiger partial charge in [0, 0.05) is 24.5 Å². The second-order valence-corrected chi connectivity index (χ2v) is 4.38. The Hall–Kier alpha value is -2.43. The monoisotopic (exact) mass is 257 g/mol. The van der Waals surface area contributed by atoms with Crippen molar-refractivity contribution in [2.45, 2.75) is 20.4 Å². The number of para-hydroxylation sites is 1. The van der Waals surface area contributed by atoms with E-state index in [1.807, 2.05) is 13.0 Å². The molecule has 5 heteroatoms. The second-order valence-electron chi connectivity index (χ2n) is 4.38. The summed E-state index contributed by atoms with van der Waals surface area (Å²) in [6.45, 7) is 4.24. The van der Waals surface area contributed by atoms with Crippen molar-refractivity contribution in [2.75, 3.05) is 5.32 Å². The third kappa shape index (κ3) is 2.88. The first kappa shape index (κ1) is 13.0. The van der Waals surface area contributed by atoms with Gasteiger partial charge < -0.3 is 5.32 Å². The Morgan fingerprint density at radius 2 is 2.05 bits per heavy atom. The summed E-state index contributed by atoms with van der Waals surface area (Å²) in [7, 11) is 0. The normalized spacial score (nSPS) is 10.2. The van der Waals surface area contributed by atoms with Crippen LogP contribution in [-0.2, 0) is 6.54 Å². The number of nitrogens with one attached hydrogen (secondary N) is 1. The summed E-state index contributed by atoms with van der Waals surface area (Å²) in [6, 6.07) is 7.18. The molecule has 0 radical (unpaired) electrons. The molecule has 0 fully saturated rings. The molecule has 98 valence electrons. The van der Waals surface area contributed by atoms with Gasteiger partial charge >= 0.3 is 0 Å². The van der Waals surface area contributed by atoms with Crippen LogP contribution in [0.1, 0.15) is 16.7 Å². The average Bonchev–Trinajstić information content (AvgIpc) is 2.37. The third-order valence-corrected chi connectivity index (χ3v) is 3.04. The van der Waals surface area contributed by atoms with E-state index in [1.165, 1.54) is 0 Å². The van der Waals surface area contributed by atoms with Crippen LogP contribution in [-0.4, -0.2) is 9.91 Å². The molecule has 0 unspecified atom stereocenters. The van der Waals surface area contributed by atoms with E-state index >= 15 is 0 Å². The number of pyridine rings is 1. The smallest absolute Gasteiger partial charge is 0.295 e. The predicted octanol–water partition coefficient (Wildman–Crippen LogP) is 3.22. The zero-order valence-corrected chi connectivity index (χ0v) is 10.9. The van der Waals surface area contributed by atoms with Crippen LogP contribution in [0.15, 0.2) is 36.7 Å². The van der Waals surface area contributed by atoms with E-state index < -0.39 is 0 Å². The highest BCUT2D eigenvalue weighted by atomic mass is 16.6. The highest BCUT2D eigenvalue weighted by Gasteiger charge is 2.16. The van der Waals surface area contributed by atoms with Gasteiger partial charge in [0.1, 0.15) is 5.69 Å². The van der Waals surface area contributed by atoms with Crippen LogP contribution in [0.3, 0.4) is 0 Å². The molecule has 1 aromatic heterocycles. The quantitative estimate of drug-likeness (QED) is 0.674. The van der Waals surface area contributed by atoms with Gasteiger partial charge in [-0.1, -0.05) is 12.1 Å². The van der Waals surface area contributed by atoms with Crippen LogP contribution in [0.5, 0.6) is 0 Å². The first-order valence-corrected chi connectivity index (χ1v) is 5.97. The van der Waals surface area contributed by atoms with E-state index in [4.69, 9.17) is 0 Å². The molecule has 2 rings (SSSR count). The van der Waals surface area contributed by atoms with Crippen LogP contribution < -0.4 is 5.32 Å². The van der Waals surface area contributed by atoms with E-state index in [9.17, 15) is 10.1 Å². The lowest BCUT2D eigenvalue weighted by molar-refractivity contribution is -0.384. The average molecular weight is 257 g/mol. The van der Waals surface area contributed by atoms with Crippen molar-refractivity contribution in [1.82, 2.24) is 4.98 Å². The van der Waals surface area contributed by atoms with Crippen molar-refractivity contribution < 1.29 is 4.92 Å². The number of nitro groups is 1. The van der Waals surface area contributed by atoms with Crippen molar-refractivity contribution >= 4 is 11.4 Å². The van der Waals surface area contributed by atoms with E-state index in [2.05, 4.69) is 10.3 Å². The molecule has 0 aliphatic heterocycles. The summed E-state index contributed by atoms with van der Waals surface area (Å²) < 4.78 is 0. The van der Waals surface area contributed by atoms with Gasteiger partial charge in [-0.05, 0) is 37.1 Å². The third-order valence-electron chi connectivity index (χ3n) is 3.04. The molecule has 0 saturated heterocycles. The van der Waals surface area contributed by atoms with Crippen LogP contribution in [0.25, 0.3) is 0 Å². The summed E-state index contributed by atoms with van der Waals surface area (Å²) in [5.74, 6) is 0. The summed E-state index contributed by atoms with van der Waals surface area (Å²) in [5, 5.41) is 14.2. The number of rotatable bonds is 4. The van der Waals surface area contributed by atoms with Crippen molar-refractivity contribution in [3.05, 3.63) is 63.5 Å². The first-order valence-electron chi connectivity index (χ1n) is 5.97. The molecule has 0 atom stereocenters. The molecule has 2 aromatic rings. The van der Waals surface area contributed by atoms with Gasteiger partial charge in [0.25, 0.3) is 5.69 Å². The molecule has 0 aliphatic rings. The Morgan fingerprint density at radius 3 is 2.74 bits per heavy atom. The predicted molar refractivity (Wildman–Crippen MR) is 74.1 cm³/mol. The number of nitro benzene ring substituents is 1. The lowest BCUT2D eigenvalue weighted by atomic mass is 10.1. The van der Waals surface area contributed by atoms with Gasteiger partial charge in [-0.3, -0.25) is 15.1 Å². The fourth-order valence-corrected chi connectivity index (χ4v) is 1.92. The van der Waals surface area contributed by atoms with Gasteiger partial charge in [-0.25, -0.2) is 0 Å². The summed E-state index contributed by atoms with van der Waals surface area (Å²) in [5.41, 5.74) is 3.45. The first-order chi connectivity index (χ1) is 9.09. The number of nitrogens with zero attached hydrogens (tertiary/aromatic N) is 2. The van der Waals surface area contributed by atoms with Gasteiger partial charge in [0.2, 0.25) is 0 Å². The number of benzene rings is 1. The Bertz CT molecular complexity index is 611. The topological polar surface area (TPSA) is 68.1 Å². The summed E-state index contributed by atoms with van der Waals surface area (Å²) >= 11 is 0. The molecule has 1 N–H and O–H groups in total. The van der Waals surface area contributed by atoms with E-state index in [1.54, 1.807) is 37.5 Å². The SMILES string of the molecule is Cc1ccncc1CNc1cccc(C)c1[N+](=O)[O-]. The van der Waals surface area contributed by atoms with Gasteiger partial charge in [0.05, 0.1) is 4.92 Å². The molecular formula is C14H15N3O2. The molecule has 1 aromatic carbocycles. The largest absolute Gasteiger partial charge is 0.375 e. The maximum absolute atomic E-state index is 11.1. The Labute approximate surface area is 111 Å². The van der Waals surface area contributed by atoms with Gasteiger partial charge in [0.15, 0.2) is 0 Å². The second kappa shape index (κ2) is 5.48. The van der Waals surface area contributed by atoms with Crippen LogP contribution in [0.4, 0.5) is 11.4 Å². The minimum Gasteiger partial charge on any atom is -0.375 e. The molecule has 19 heavy (non-hydrogen) atoms. The van der Waals surface area contributed by atoms with Gasteiger partial charge in [-0.15, -0.1) is 0 Å². The van der Waals surface area contributed by atoms with Crippen molar-refractivity contribution in [3.63, 3.8) is 0 Å². The lowest BCUT2D eigenvalue weighted by Gasteiger charge is -2.10. The van der Waals surface area contributed by atoms with Crippen LogP contribution >= 0.6 is 0 Å².